The third-order valence-electron chi connectivity index (χ3n) is 7.46. The predicted molar refractivity (Wildman–Crippen MR) is 95.8 cm³/mol. The van der Waals surface area contributed by atoms with Crippen LogP contribution in [0.1, 0.15) is 68.9 Å². The molecule has 5 aliphatic rings. The summed E-state index contributed by atoms with van der Waals surface area (Å²) in [6.07, 6.45) is 0. The van der Waals surface area contributed by atoms with Crippen LogP contribution >= 0.6 is 0 Å². The summed E-state index contributed by atoms with van der Waals surface area (Å²) in [5.74, 6) is 4.12. The zero-order valence-corrected chi connectivity index (χ0v) is 13.4. The first-order valence-corrected chi connectivity index (χ1v) is 9.21. The summed E-state index contributed by atoms with van der Waals surface area (Å²) >= 11 is 0. The van der Waals surface area contributed by atoms with Gasteiger partial charge >= 0.3 is 0 Å². The molecule has 0 aliphatic heterocycles. The lowest BCUT2D eigenvalue weighted by Gasteiger charge is -2.49. The van der Waals surface area contributed by atoms with E-state index in [4.69, 9.17) is 0 Å². The fourth-order valence-corrected chi connectivity index (χ4v) is 7.02. The fourth-order valence-electron chi connectivity index (χ4n) is 7.02. The average Bonchev–Trinajstić information content (AvgIpc) is 3.09. The van der Waals surface area contributed by atoms with Gasteiger partial charge in [0.05, 0.1) is 0 Å². The molecule has 0 nitrogen and oxygen atoms in total. The van der Waals surface area contributed by atoms with Crippen molar-refractivity contribution >= 4 is 0 Å². The van der Waals surface area contributed by atoms with E-state index in [0.29, 0.717) is 35.5 Å². The van der Waals surface area contributed by atoms with Crippen molar-refractivity contribution in [2.45, 2.75) is 35.5 Å². The Morgan fingerprint density at radius 3 is 0.625 bits per heavy atom. The van der Waals surface area contributed by atoms with Gasteiger partial charge in [-0.05, 0) is 68.9 Å². The molecule has 0 unspecified atom stereocenters. The highest BCUT2D eigenvalue weighted by Gasteiger charge is 2.65. The van der Waals surface area contributed by atoms with Crippen LogP contribution in [0, 0.1) is 0 Å². The second kappa shape index (κ2) is 3.83. The summed E-state index contributed by atoms with van der Waals surface area (Å²) in [6.45, 7) is 0. The van der Waals surface area contributed by atoms with Gasteiger partial charge in [0, 0.05) is 0 Å². The summed E-state index contributed by atoms with van der Waals surface area (Å²) in [5.41, 5.74) is 9.88. The van der Waals surface area contributed by atoms with E-state index in [1.54, 1.807) is 33.4 Å². The van der Waals surface area contributed by atoms with E-state index in [9.17, 15) is 0 Å². The quantitative estimate of drug-likeness (QED) is 0.504. The highest BCUT2D eigenvalue weighted by atomic mass is 14.7. The van der Waals surface area contributed by atoms with E-state index in [2.05, 4.69) is 72.8 Å². The van der Waals surface area contributed by atoms with E-state index < -0.39 is 0 Å². The normalized spacial score (nSPS) is 35.5. The zero-order chi connectivity index (χ0) is 15.4. The van der Waals surface area contributed by atoms with Gasteiger partial charge in [-0.3, -0.25) is 0 Å². The van der Waals surface area contributed by atoms with Crippen LogP contribution in [0.2, 0.25) is 0 Å². The van der Waals surface area contributed by atoms with Crippen molar-refractivity contribution in [1.82, 2.24) is 0 Å². The molecule has 0 heteroatoms. The standard InChI is InChI=1S/C24H18/c1-2-8-14-13(7-1)19-21-15-9-3-4-10-16(15)22-20(14)23(19)17-11-5-6-12-18(17)24(21)22/h1-12,19-24H/t19-,20+,21+,22-,23?,24?. The number of hydrogen-bond donors (Lipinski definition) is 0. The Bertz CT molecular complexity index is 873. The summed E-state index contributed by atoms with van der Waals surface area (Å²) in [6, 6.07) is 28.0. The van der Waals surface area contributed by atoms with Crippen LogP contribution in [0.15, 0.2) is 72.8 Å². The van der Waals surface area contributed by atoms with E-state index in [1.807, 2.05) is 0 Å². The minimum absolute atomic E-state index is 0.686. The predicted octanol–water partition coefficient (Wildman–Crippen LogP) is 5.64. The molecule has 5 aliphatic carbocycles. The van der Waals surface area contributed by atoms with Crippen molar-refractivity contribution in [2.75, 3.05) is 0 Å². The second-order valence-electron chi connectivity index (χ2n) is 8.04. The molecule has 3 aromatic rings. The van der Waals surface area contributed by atoms with Crippen LogP contribution < -0.4 is 0 Å². The lowest BCUT2D eigenvalue weighted by Crippen LogP contribution is -2.36. The van der Waals surface area contributed by atoms with E-state index in [1.165, 1.54) is 0 Å². The minimum Gasteiger partial charge on any atom is -0.0620 e. The molecule has 8 rings (SSSR count). The van der Waals surface area contributed by atoms with Gasteiger partial charge in [0.15, 0.2) is 0 Å². The van der Waals surface area contributed by atoms with E-state index >= 15 is 0 Å². The van der Waals surface area contributed by atoms with Crippen LogP contribution in [0.3, 0.4) is 0 Å². The van der Waals surface area contributed by atoms with Crippen molar-refractivity contribution < 1.29 is 0 Å². The summed E-state index contributed by atoms with van der Waals surface area (Å²) < 4.78 is 0. The van der Waals surface area contributed by atoms with Crippen LogP contribution in [0.4, 0.5) is 0 Å². The van der Waals surface area contributed by atoms with E-state index in [-0.39, 0.29) is 0 Å². The Hall–Kier alpha value is -2.34. The van der Waals surface area contributed by atoms with Crippen molar-refractivity contribution in [2.24, 2.45) is 0 Å². The van der Waals surface area contributed by atoms with Crippen LogP contribution in [-0.2, 0) is 0 Å². The molecule has 0 aromatic heterocycles. The molecule has 0 radical (unpaired) electrons. The Morgan fingerprint density at radius 1 is 0.292 bits per heavy atom. The Morgan fingerprint density at radius 2 is 0.458 bits per heavy atom. The molecule has 1 fully saturated rings. The van der Waals surface area contributed by atoms with Gasteiger partial charge in [-0.2, -0.15) is 0 Å². The van der Waals surface area contributed by atoms with Gasteiger partial charge in [0.2, 0.25) is 0 Å². The lowest BCUT2D eigenvalue weighted by atomic mass is 9.53. The smallest absolute Gasteiger partial charge is 0.000900 e. The zero-order valence-electron chi connectivity index (χ0n) is 13.4. The molecule has 0 atom stereocenters. The summed E-state index contributed by atoms with van der Waals surface area (Å²) in [7, 11) is 0. The first-order chi connectivity index (χ1) is 11.9. The fraction of sp³-hybridized carbons (Fsp3) is 0.250. The number of fused-ring (bicyclic) bond motifs is 2. The largest absolute Gasteiger partial charge is 0.0620 e. The molecule has 0 amide bonds. The van der Waals surface area contributed by atoms with Crippen LogP contribution in [0.25, 0.3) is 0 Å². The maximum atomic E-state index is 2.42. The summed E-state index contributed by atoms with van der Waals surface area (Å²) in [5, 5.41) is 0. The molecule has 0 spiro atoms. The minimum atomic E-state index is 0.686. The molecule has 1 saturated carbocycles. The maximum Gasteiger partial charge on any atom is -0.000900 e. The van der Waals surface area contributed by atoms with Crippen LogP contribution in [-0.4, -0.2) is 0 Å². The van der Waals surface area contributed by atoms with Crippen molar-refractivity contribution in [1.29, 1.82) is 0 Å². The Balaban J connectivity index is 1.63. The lowest BCUT2D eigenvalue weighted by molar-refractivity contribution is 0.256. The van der Waals surface area contributed by atoms with Gasteiger partial charge in [-0.1, -0.05) is 72.8 Å². The molecule has 6 bridgehead atoms. The topological polar surface area (TPSA) is 0 Å². The van der Waals surface area contributed by atoms with Crippen molar-refractivity contribution in [3.8, 4) is 0 Å². The number of benzene rings is 3. The van der Waals surface area contributed by atoms with E-state index in [0.717, 1.165) is 0 Å². The average molecular weight is 306 g/mol. The first-order valence-electron chi connectivity index (χ1n) is 9.21. The Labute approximate surface area is 142 Å². The third kappa shape index (κ3) is 1.11. The van der Waals surface area contributed by atoms with Crippen LogP contribution in [0.5, 0.6) is 0 Å². The molecule has 24 heavy (non-hydrogen) atoms. The van der Waals surface area contributed by atoms with Gasteiger partial charge in [-0.15, -0.1) is 0 Å². The van der Waals surface area contributed by atoms with Gasteiger partial charge in [-0.25, -0.2) is 0 Å². The maximum absolute atomic E-state index is 2.42. The number of rotatable bonds is 0. The van der Waals surface area contributed by atoms with Gasteiger partial charge in [0.25, 0.3) is 0 Å². The highest BCUT2D eigenvalue weighted by Crippen LogP contribution is 2.79. The SMILES string of the molecule is c1ccc2c(c1)C1[C@H]3c4ccccc4[C@@H]1[C@@H]1c4ccccc4[C@H]3C21. The molecular formula is C24H18. The van der Waals surface area contributed by atoms with Gasteiger partial charge < -0.3 is 0 Å². The molecule has 0 saturated heterocycles. The molecule has 3 aromatic carbocycles. The van der Waals surface area contributed by atoms with Crippen molar-refractivity contribution in [3.05, 3.63) is 106 Å². The number of hydrogen-bond acceptors (Lipinski definition) is 0. The van der Waals surface area contributed by atoms with Crippen molar-refractivity contribution in [3.63, 3.8) is 0 Å². The monoisotopic (exact) mass is 306 g/mol. The molecule has 114 valence electrons. The first kappa shape index (κ1) is 12.1. The molecule has 0 N–H and O–H groups in total. The second-order valence-corrected chi connectivity index (χ2v) is 8.04. The summed E-state index contributed by atoms with van der Waals surface area (Å²) in [4.78, 5) is 0. The highest BCUT2D eigenvalue weighted by molar-refractivity contribution is 5.65. The van der Waals surface area contributed by atoms with Gasteiger partial charge in [0.1, 0.15) is 0 Å². The molecule has 0 heterocycles. The molecular weight excluding hydrogens is 288 g/mol. The Kier molecular flexibility index (Phi) is 1.93. The third-order valence-corrected chi connectivity index (χ3v) is 7.46.